The Labute approximate surface area is 122 Å². The minimum atomic E-state index is -0.575. The van der Waals surface area contributed by atoms with Crippen molar-refractivity contribution < 1.29 is 9.53 Å². The van der Waals surface area contributed by atoms with Crippen molar-refractivity contribution in [3.63, 3.8) is 0 Å². The van der Waals surface area contributed by atoms with Gasteiger partial charge in [-0.3, -0.25) is 9.78 Å². The standard InChI is InChI=1S/C15H15ClN2O2/c1-2-14(20-13-7-3-5-11(16)9-13)15(19)18-12-6-4-8-17-10-12/h3-10,14H,2H2,1H3,(H,18,19)/t14-/m1/s1. The number of benzene rings is 1. The molecule has 5 heteroatoms. The summed E-state index contributed by atoms with van der Waals surface area (Å²) in [5, 5.41) is 3.34. The topological polar surface area (TPSA) is 51.2 Å². The highest BCUT2D eigenvalue weighted by molar-refractivity contribution is 6.30. The van der Waals surface area contributed by atoms with Crippen molar-refractivity contribution in [3.05, 3.63) is 53.8 Å². The van der Waals surface area contributed by atoms with Crippen LogP contribution in [0.25, 0.3) is 0 Å². The number of aromatic nitrogens is 1. The van der Waals surface area contributed by atoms with Gasteiger partial charge in [0.05, 0.1) is 11.9 Å². The van der Waals surface area contributed by atoms with E-state index < -0.39 is 6.10 Å². The molecule has 20 heavy (non-hydrogen) atoms. The average Bonchev–Trinajstić information content (AvgIpc) is 2.46. The van der Waals surface area contributed by atoms with Gasteiger partial charge in [0.25, 0.3) is 5.91 Å². The molecule has 2 rings (SSSR count). The van der Waals surface area contributed by atoms with Crippen molar-refractivity contribution in [1.82, 2.24) is 4.98 Å². The number of ether oxygens (including phenoxy) is 1. The number of carbonyl (C=O) groups is 1. The predicted octanol–water partition coefficient (Wildman–Crippen LogP) is 3.53. The van der Waals surface area contributed by atoms with Crippen molar-refractivity contribution in [2.75, 3.05) is 5.32 Å². The van der Waals surface area contributed by atoms with Gasteiger partial charge in [0, 0.05) is 11.2 Å². The Morgan fingerprint density at radius 1 is 1.40 bits per heavy atom. The fraction of sp³-hybridized carbons (Fsp3) is 0.200. The molecular weight excluding hydrogens is 276 g/mol. The van der Waals surface area contributed by atoms with Crippen LogP contribution in [0.3, 0.4) is 0 Å². The fourth-order valence-electron chi connectivity index (χ4n) is 1.69. The summed E-state index contributed by atoms with van der Waals surface area (Å²) >= 11 is 5.89. The Kier molecular flexibility index (Phi) is 4.96. The quantitative estimate of drug-likeness (QED) is 0.916. The zero-order valence-corrected chi connectivity index (χ0v) is 11.8. The van der Waals surface area contributed by atoms with Gasteiger partial charge in [-0.05, 0) is 36.8 Å². The Balaban J connectivity index is 2.02. The van der Waals surface area contributed by atoms with Crippen LogP contribution >= 0.6 is 11.6 Å². The molecule has 4 nitrogen and oxygen atoms in total. The van der Waals surface area contributed by atoms with Gasteiger partial charge in [0.15, 0.2) is 6.10 Å². The SMILES string of the molecule is CC[C@@H](Oc1cccc(Cl)c1)C(=O)Nc1cccnc1. The minimum absolute atomic E-state index is 0.208. The number of nitrogens with zero attached hydrogens (tertiary/aromatic N) is 1. The zero-order valence-electron chi connectivity index (χ0n) is 11.0. The largest absolute Gasteiger partial charge is 0.481 e. The molecule has 0 spiro atoms. The Bertz CT molecular complexity index is 575. The number of hydrogen-bond donors (Lipinski definition) is 1. The number of amides is 1. The number of pyridine rings is 1. The van der Waals surface area contributed by atoms with Crippen LogP contribution in [0.5, 0.6) is 5.75 Å². The molecule has 1 aromatic carbocycles. The number of anilines is 1. The average molecular weight is 291 g/mol. The molecular formula is C15H15ClN2O2. The van der Waals surface area contributed by atoms with Gasteiger partial charge in [-0.25, -0.2) is 0 Å². The highest BCUT2D eigenvalue weighted by Gasteiger charge is 2.18. The summed E-state index contributed by atoms with van der Waals surface area (Å²) in [5.41, 5.74) is 0.644. The number of carbonyl (C=O) groups excluding carboxylic acids is 1. The lowest BCUT2D eigenvalue weighted by molar-refractivity contribution is -0.122. The lowest BCUT2D eigenvalue weighted by Gasteiger charge is -2.17. The molecule has 1 atom stereocenters. The Morgan fingerprint density at radius 3 is 2.90 bits per heavy atom. The highest BCUT2D eigenvalue weighted by atomic mass is 35.5. The van der Waals surface area contributed by atoms with E-state index in [1.165, 1.54) is 0 Å². The Hall–Kier alpha value is -2.07. The van der Waals surface area contributed by atoms with Crippen molar-refractivity contribution >= 4 is 23.2 Å². The summed E-state index contributed by atoms with van der Waals surface area (Å²) in [6.45, 7) is 1.89. The summed E-state index contributed by atoms with van der Waals surface area (Å²) in [7, 11) is 0. The third-order valence-electron chi connectivity index (χ3n) is 2.67. The molecule has 0 unspecified atom stereocenters. The van der Waals surface area contributed by atoms with Gasteiger partial charge in [-0.15, -0.1) is 0 Å². The van der Waals surface area contributed by atoms with E-state index in [2.05, 4.69) is 10.3 Å². The van der Waals surface area contributed by atoms with E-state index in [4.69, 9.17) is 16.3 Å². The van der Waals surface area contributed by atoms with Gasteiger partial charge in [0.2, 0.25) is 0 Å². The number of hydrogen-bond acceptors (Lipinski definition) is 3. The first kappa shape index (κ1) is 14.3. The maximum absolute atomic E-state index is 12.1. The normalized spacial score (nSPS) is 11.7. The van der Waals surface area contributed by atoms with Crippen LogP contribution < -0.4 is 10.1 Å². The van der Waals surface area contributed by atoms with Crippen LogP contribution in [0, 0.1) is 0 Å². The van der Waals surface area contributed by atoms with Gasteiger partial charge < -0.3 is 10.1 Å². The van der Waals surface area contributed by atoms with Crippen LogP contribution in [0.15, 0.2) is 48.8 Å². The van der Waals surface area contributed by atoms with Gasteiger partial charge in [0.1, 0.15) is 5.75 Å². The Morgan fingerprint density at radius 2 is 2.25 bits per heavy atom. The third-order valence-corrected chi connectivity index (χ3v) is 2.90. The predicted molar refractivity (Wildman–Crippen MR) is 79.0 cm³/mol. The van der Waals surface area contributed by atoms with E-state index in [9.17, 15) is 4.79 Å². The number of halogens is 1. The first-order chi connectivity index (χ1) is 9.69. The van der Waals surface area contributed by atoms with Crippen molar-refractivity contribution in [3.8, 4) is 5.75 Å². The second kappa shape index (κ2) is 6.91. The first-order valence-electron chi connectivity index (χ1n) is 6.32. The van der Waals surface area contributed by atoms with E-state index in [1.54, 1.807) is 48.8 Å². The maximum atomic E-state index is 12.1. The lowest BCUT2D eigenvalue weighted by atomic mass is 10.2. The monoisotopic (exact) mass is 290 g/mol. The molecule has 1 amide bonds. The molecule has 104 valence electrons. The van der Waals surface area contributed by atoms with Crippen molar-refractivity contribution in [2.24, 2.45) is 0 Å². The van der Waals surface area contributed by atoms with Gasteiger partial charge >= 0.3 is 0 Å². The minimum Gasteiger partial charge on any atom is -0.481 e. The second-order valence-corrected chi connectivity index (χ2v) is 4.64. The highest BCUT2D eigenvalue weighted by Crippen LogP contribution is 2.19. The molecule has 1 heterocycles. The molecule has 2 aromatic rings. The summed E-state index contributed by atoms with van der Waals surface area (Å²) in [6, 6.07) is 10.5. The van der Waals surface area contributed by atoms with E-state index in [1.807, 2.05) is 6.92 Å². The van der Waals surface area contributed by atoms with Crippen LogP contribution in [0.4, 0.5) is 5.69 Å². The molecule has 0 fully saturated rings. The summed E-state index contributed by atoms with van der Waals surface area (Å²) in [6.07, 6.45) is 3.21. The molecule has 0 saturated carbocycles. The molecule has 1 aromatic heterocycles. The van der Waals surface area contributed by atoms with Crippen molar-refractivity contribution in [2.45, 2.75) is 19.4 Å². The van der Waals surface area contributed by atoms with Crippen molar-refractivity contribution in [1.29, 1.82) is 0 Å². The molecule has 0 bridgehead atoms. The zero-order chi connectivity index (χ0) is 14.4. The summed E-state index contributed by atoms with van der Waals surface area (Å²) in [5.74, 6) is 0.367. The van der Waals surface area contributed by atoms with Crippen LogP contribution in [-0.2, 0) is 4.79 Å². The maximum Gasteiger partial charge on any atom is 0.265 e. The van der Waals surface area contributed by atoms with Gasteiger partial charge in [-0.1, -0.05) is 24.6 Å². The van der Waals surface area contributed by atoms with Crippen LogP contribution in [0.2, 0.25) is 5.02 Å². The summed E-state index contributed by atoms with van der Waals surface area (Å²) < 4.78 is 5.66. The third kappa shape index (κ3) is 3.96. The lowest BCUT2D eigenvalue weighted by Crippen LogP contribution is -2.32. The van der Waals surface area contributed by atoms with E-state index in [0.717, 1.165) is 0 Å². The first-order valence-corrected chi connectivity index (χ1v) is 6.70. The second-order valence-electron chi connectivity index (χ2n) is 4.20. The summed E-state index contributed by atoms with van der Waals surface area (Å²) in [4.78, 5) is 16.1. The molecule has 0 saturated heterocycles. The molecule has 0 aliphatic heterocycles. The molecule has 0 aliphatic carbocycles. The van der Waals surface area contributed by atoms with Crippen LogP contribution in [-0.4, -0.2) is 17.0 Å². The molecule has 0 radical (unpaired) electrons. The van der Waals surface area contributed by atoms with Gasteiger partial charge in [-0.2, -0.15) is 0 Å². The smallest absolute Gasteiger partial charge is 0.265 e. The number of nitrogens with one attached hydrogen (secondary N) is 1. The number of rotatable bonds is 5. The molecule has 1 N–H and O–H groups in total. The molecule has 0 aliphatic rings. The van der Waals surface area contributed by atoms with E-state index in [-0.39, 0.29) is 5.91 Å². The van der Waals surface area contributed by atoms with E-state index in [0.29, 0.717) is 22.9 Å². The fourth-order valence-corrected chi connectivity index (χ4v) is 1.87. The van der Waals surface area contributed by atoms with E-state index >= 15 is 0 Å². The van der Waals surface area contributed by atoms with Crippen LogP contribution in [0.1, 0.15) is 13.3 Å².